The second-order valence-electron chi connectivity index (χ2n) is 7.53. The number of rotatable bonds is 5. The quantitative estimate of drug-likeness (QED) is 0.581. The lowest BCUT2D eigenvalue weighted by Gasteiger charge is -2.37. The Bertz CT molecular complexity index is 997. The first-order chi connectivity index (χ1) is 14.2. The summed E-state index contributed by atoms with van der Waals surface area (Å²) < 4.78 is 5.94. The highest BCUT2D eigenvalue weighted by Gasteiger charge is 2.27. The number of anilines is 1. The van der Waals surface area contributed by atoms with Gasteiger partial charge < -0.3 is 14.4 Å². The van der Waals surface area contributed by atoms with Crippen molar-refractivity contribution in [1.29, 1.82) is 0 Å². The highest BCUT2D eigenvalue weighted by molar-refractivity contribution is 5.90. The Labute approximate surface area is 172 Å². The smallest absolute Gasteiger partial charge is 0.343 e. The number of nitrogens with zero attached hydrogens (tertiary/aromatic N) is 1. The van der Waals surface area contributed by atoms with Crippen LogP contribution in [0, 0.1) is 5.92 Å². The molecule has 4 heteroatoms. The van der Waals surface area contributed by atoms with Gasteiger partial charge in [0.2, 0.25) is 0 Å². The molecule has 0 saturated heterocycles. The largest absolute Gasteiger partial charge is 0.422 e. The molecule has 3 heterocycles. The number of fused-ring (bicyclic) bond motifs is 2. The molecule has 0 saturated carbocycles. The lowest BCUT2D eigenvalue weighted by Crippen LogP contribution is -2.34. The number of allylic oxidation sites excluding steroid dienone is 4. The van der Waals surface area contributed by atoms with E-state index in [-0.39, 0.29) is 11.5 Å². The number of benzene rings is 1. The third-order valence-corrected chi connectivity index (χ3v) is 5.94. The lowest BCUT2D eigenvalue weighted by molar-refractivity contribution is 0.399. The minimum atomic E-state index is -0.254. The average molecular weight is 394 g/mol. The molecular weight excluding hydrogens is 362 g/mol. The maximum absolute atomic E-state index is 12.9. The van der Waals surface area contributed by atoms with Gasteiger partial charge >= 0.3 is 5.63 Å². The van der Waals surface area contributed by atoms with E-state index in [1.165, 1.54) is 23.2 Å². The summed E-state index contributed by atoms with van der Waals surface area (Å²) in [7, 11) is 1.00. The number of hydrogen-bond donors (Lipinski definition) is 1. The fourth-order valence-corrected chi connectivity index (χ4v) is 4.75. The van der Waals surface area contributed by atoms with E-state index in [4.69, 9.17) is 9.52 Å². The van der Waals surface area contributed by atoms with Crippen LogP contribution >= 0.6 is 0 Å². The van der Waals surface area contributed by atoms with Crippen molar-refractivity contribution >= 4 is 22.2 Å². The second kappa shape index (κ2) is 9.27. The normalized spacial score (nSPS) is 16.5. The number of aryl methyl sites for hydroxylation is 2. The van der Waals surface area contributed by atoms with Gasteiger partial charge in [0.05, 0.1) is 5.56 Å². The number of aliphatic hydroxyl groups excluding tert-OH is 1. The lowest BCUT2D eigenvalue weighted by atomic mass is 9.87. The van der Waals surface area contributed by atoms with E-state index in [1.54, 1.807) is 0 Å². The molecule has 154 valence electrons. The molecule has 0 aliphatic carbocycles. The third kappa shape index (κ3) is 3.82. The molecule has 0 spiro atoms. The van der Waals surface area contributed by atoms with Crippen molar-refractivity contribution in [3.05, 3.63) is 70.6 Å². The molecule has 0 fully saturated rings. The zero-order valence-electron chi connectivity index (χ0n) is 17.5. The van der Waals surface area contributed by atoms with Crippen LogP contribution in [0.1, 0.15) is 42.9 Å². The topological polar surface area (TPSA) is 53.7 Å². The predicted molar refractivity (Wildman–Crippen MR) is 122 cm³/mol. The highest BCUT2D eigenvalue weighted by Crippen LogP contribution is 2.40. The molecule has 1 N–H and O–H groups in total. The summed E-state index contributed by atoms with van der Waals surface area (Å²) in [5.41, 5.74) is 6.10. The fraction of sp³-hybridized carbons (Fsp3) is 0.400. The Morgan fingerprint density at radius 2 is 1.97 bits per heavy atom. The van der Waals surface area contributed by atoms with Gasteiger partial charge in [-0.2, -0.15) is 0 Å². The van der Waals surface area contributed by atoms with Gasteiger partial charge in [-0.1, -0.05) is 18.2 Å². The van der Waals surface area contributed by atoms with Crippen molar-refractivity contribution in [2.24, 2.45) is 5.92 Å². The fourth-order valence-electron chi connectivity index (χ4n) is 4.75. The maximum Gasteiger partial charge on any atom is 0.343 e. The Hall–Kier alpha value is -2.59. The van der Waals surface area contributed by atoms with E-state index in [9.17, 15) is 4.79 Å². The van der Waals surface area contributed by atoms with E-state index >= 15 is 0 Å². The van der Waals surface area contributed by atoms with E-state index in [1.807, 2.05) is 31.2 Å². The first kappa shape index (κ1) is 21.1. The number of hydrogen-bond acceptors (Lipinski definition) is 4. The molecule has 0 amide bonds. The molecule has 1 atom stereocenters. The molecule has 2 aliphatic heterocycles. The summed E-state index contributed by atoms with van der Waals surface area (Å²) in [5, 5.41) is 8.04. The van der Waals surface area contributed by atoms with E-state index in [0.29, 0.717) is 5.56 Å². The summed E-state index contributed by atoms with van der Waals surface area (Å²) in [5.74, 6) is 0.0688. The molecule has 1 aromatic heterocycles. The first-order valence-electron chi connectivity index (χ1n) is 10.4. The van der Waals surface area contributed by atoms with Crippen molar-refractivity contribution in [1.82, 2.24) is 0 Å². The van der Waals surface area contributed by atoms with Gasteiger partial charge in [-0.15, -0.1) is 13.2 Å². The standard InChI is InChI=1S/C24H27NO2.CH4O/c1-4-9-16(5-2)19(6-3)21-15-18-14-17-10-7-12-25-13-8-11-20(22(17)25)23(18)27-24(21)26;1-2/h4-6,14-16H,1-2,7-13H2,3H3;2H,1H3. The van der Waals surface area contributed by atoms with E-state index in [0.717, 1.165) is 62.4 Å². The summed E-state index contributed by atoms with van der Waals surface area (Å²) >= 11 is 0. The van der Waals surface area contributed by atoms with Crippen LogP contribution < -0.4 is 10.5 Å². The van der Waals surface area contributed by atoms with Crippen LogP contribution in [0.3, 0.4) is 0 Å². The molecule has 0 radical (unpaired) electrons. The molecule has 0 bridgehead atoms. The Balaban J connectivity index is 0.00000117. The van der Waals surface area contributed by atoms with Crippen molar-refractivity contribution in [3.8, 4) is 0 Å². The van der Waals surface area contributed by atoms with Crippen LogP contribution in [0.15, 0.2) is 52.7 Å². The van der Waals surface area contributed by atoms with Gasteiger partial charge in [0, 0.05) is 42.8 Å². The van der Waals surface area contributed by atoms with Crippen LogP contribution in [0.25, 0.3) is 16.5 Å². The zero-order chi connectivity index (χ0) is 21.0. The third-order valence-electron chi connectivity index (χ3n) is 5.94. The molecule has 4 rings (SSSR count). The van der Waals surface area contributed by atoms with Crippen LogP contribution in [0.4, 0.5) is 5.69 Å². The SMILES string of the molecule is C=CCC(C=C)C(=CC)c1cc2cc3c4c(c2oc1=O)CCCN4CCC3.CO. The highest BCUT2D eigenvalue weighted by atomic mass is 16.4. The van der Waals surface area contributed by atoms with Crippen molar-refractivity contribution in [3.63, 3.8) is 0 Å². The monoisotopic (exact) mass is 393 g/mol. The summed E-state index contributed by atoms with van der Waals surface area (Å²) in [6.07, 6.45) is 10.9. The average Bonchev–Trinajstić information content (AvgIpc) is 2.76. The van der Waals surface area contributed by atoms with Crippen LogP contribution in [0.5, 0.6) is 0 Å². The minimum Gasteiger partial charge on any atom is -0.422 e. The van der Waals surface area contributed by atoms with E-state index < -0.39 is 0 Å². The van der Waals surface area contributed by atoms with Gasteiger partial charge in [0.25, 0.3) is 0 Å². The first-order valence-corrected chi connectivity index (χ1v) is 10.4. The summed E-state index contributed by atoms with van der Waals surface area (Å²) in [4.78, 5) is 15.4. The Kier molecular flexibility index (Phi) is 6.75. The second-order valence-corrected chi connectivity index (χ2v) is 7.53. The molecule has 2 aromatic rings. The molecule has 1 unspecified atom stereocenters. The van der Waals surface area contributed by atoms with Crippen LogP contribution in [0.2, 0.25) is 0 Å². The predicted octanol–water partition coefficient (Wildman–Crippen LogP) is 4.88. The number of aliphatic hydroxyl groups is 1. The van der Waals surface area contributed by atoms with Gasteiger partial charge in [0.1, 0.15) is 5.58 Å². The summed E-state index contributed by atoms with van der Waals surface area (Å²) in [6, 6.07) is 4.27. The minimum absolute atomic E-state index is 0.0688. The van der Waals surface area contributed by atoms with Crippen molar-refractivity contribution in [2.75, 3.05) is 25.1 Å². The molecular formula is C25H31NO3. The van der Waals surface area contributed by atoms with Gasteiger partial charge in [0.15, 0.2) is 0 Å². The van der Waals surface area contributed by atoms with Crippen LogP contribution in [-0.4, -0.2) is 25.3 Å². The molecule has 4 nitrogen and oxygen atoms in total. The zero-order valence-corrected chi connectivity index (χ0v) is 17.5. The molecule has 2 aliphatic rings. The molecule has 1 aromatic carbocycles. The summed E-state index contributed by atoms with van der Waals surface area (Å²) in [6.45, 7) is 12.0. The van der Waals surface area contributed by atoms with Crippen LogP contribution in [-0.2, 0) is 12.8 Å². The van der Waals surface area contributed by atoms with Crippen molar-refractivity contribution in [2.45, 2.75) is 39.0 Å². The Morgan fingerprint density at radius 3 is 2.62 bits per heavy atom. The van der Waals surface area contributed by atoms with Gasteiger partial charge in [-0.05, 0) is 62.3 Å². The van der Waals surface area contributed by atoms with E-state index in [2.05, 4.69) is 24.1 Å². The van der Waals surface area contributed by atoms with Gasteiger partial charge in [-0.25, -0.2) is 4.79 Å². The van der Waals surface area contributed by atoms with Crippen molar-refractivity contribution < 1.29 is 9.52 Å². The maximum atomic E-state index is 12.9. The Morgan fingerprint density at radius 1 is 1.24 bits per heavy atom. The van der Waals surface area contributed by atoms with Gasteiger partial charge in [-0.3, -0.25) is 0 Å². The molecule has 29 heavy (non-hydrogen) atoms.